The minimum absolute atomic E-state index is 0.176. The molecule has 0 aliphatic rings. The summed E-state index contributed by atoms with van der Waals surface area (Å²) in [5.41, 5.74) is 0.825. The molecule has 0 unspecified atom stereocenters. The van der Waals surface area contributed by atoms with Gasteiger partial charge in [0.25, 0.3) is 0 Å². The third kappa shape index (κ3) is 3.16. The molecule has 102 valence electrons. The van der Waals surface area contributed by atoms with Gasteiger partial charge >= 0.3 is 0 Å². The Labute approximate surface area is 114 Å². The number of alkyl halides is 1. The Kier molecular flexibility index (Phi) is 5.44. The highest BCUT2D eigenvalue weighted by Crippen LogP contribution is 2.27. The number of nitrogens with zero attached hydrogens (tertiary/aromatic N) is 1. The Morgan fingerprint density at radius 1 is 1.39 bits per heavy atom. The second-order valence-corrected chi connectivity index (χ2v) is 6.23. The zero-order valence-corrected chi connectivity index (χ0v) is 12.4. The molecule has 0 radical (unpaired) electrons. The molecule has 0 aromatic heterocycles. The van der Waals surface area contributed by atoms with Crippen molar-refractivity contribution < 1.29 is 13.2 Å². The maximum atomic E-state index is 12.3. The van der Waals surface area contributed by atoms with Gasteiger partial charge < -0.3 is 4.74 Å². The van der Waals surface area contributed by atoms with E-state index in [9.17, 15) is 8.42 Å². The molecule has 0 heterocycles. The maximum Gasteiger partial charge on any atom is 0.246 e. The average molecular weight is 292 g/mol. The lowest BCUT2D eigenvalue weighted by atomic mass is 10.2. The van der Waals surface area contributed by atoms with E-state index in [1.165, 1.54) is 17.5 Å². The molecule has 0 bridgehead atoms. The molecule has 0 fully saturated rings. The minimum Gasteiger partial charge on any atom is -0.495 e. The summed E-state index contributed by atoms with van der Waals surface area (Å²) in [6.07, 6.45) is 0.762. The van der Waals surface area contributed by atoms with Crippen molar-refractivity contribution in [1.29, 1.82) is 0 Å². The molecule has 18 heavy (non-hydrogen) atoms. The minimum atomic E-state index is -3.50. The van der Waals surface area contributed by atoms with Gasteiger partial charge in [0.1, 0.15) is 10.6 Å². The van der Waals surface area contributed by atoms with Crippen molar-refractivity contribution in [3.63, 3.8) is 0 Å². The fraction of sp³-hybridized carbons (Fsp3) is 0.500. The molecule has 0 aliphatic carbocycles. The predicted molar refractivity (Wildman–Crippen MR) is 72.7 cm³/mol. The largest absolute Gasteiger partial charge is 0.495 e. The van der Waals surface area contributed by atoms with Crippen LogP contribution in [0.1, 0.15) is 18.9 Å². The third-order valence-electron chi connectivity index (χ3n) is 2.61. The van der Waals surface area contributed by atoms with Crippen LogP contribution in [0.15, 0.2) is 23.1 Å². The predicted octanol–water partition coefficient (Wildman–Crippen LogP) is 2.46. The normalized spacial score (nSPS) is 11.8. The second-order valence-electron chi connectivity index (χ2n) is 3.95. The van der Waals surface area contributed by atoms with E-state index in [1.54, 1.807) is 19.2 Å². The lowest BCUT2D eigenvalue weighted by molar-refractivity contribution is 0.397. The van der Waals surface area contributed by atoms with Crippen molar-refractivity contribution in [2.24, 2.45) is 0 Å². The van der Waals surface area contributed by atoms with Crippen LogP contribution in [0.25, 0.3) is 0 Å². The van der Waals surface area contributed by atoms with Crippen molar-refractivity contribution in [2.75, 3.05) is 20.7 Å². The summed E-state index contributed by atoms with van der Waals surface area (Å²) in [7, 11) is -0.490. The highest BCUT2D eigenvalue weighted by Gasteiger charge is 2.24. The molecule has 1 rings (SSSR count). The fourth-order valence-electron chi connectivity index (χ4n) is 1.61. The van der Waals surface area contributed by atoms with E-state index >= 15 is 0 Å². The van der Waals surface area contributed by atoms with E-state index < -0.39 is 10.0 Å². The van der Waals surface area contributed by atoms with E-state index in [-0.39, 0.29) is 4.90 Å². The van der Waals surface area contributed by atoms with E-state index in [4.69, 9.17) is 16.3 Å². The van der Waals surface area contributed by atoms with E-state index in [0.717, 1.165) is 12.0 Å². The quantitative estimate of drug-likeness (QED) is 0.757. The highest BCUT2D eigenvalue weighted by molar-refractivity contribution is 7.89. The number of hydrogen-bond donors (Lipinski definition) is 0. The number of benzene rings is 1. The first-order valence-electron chi connectivity index (χ1n) is 5.66. The average Bonchev–Trinajstić information content (AvgIpc) is 2.38. The van der Waals surface area contributed by atoms with E-state index in [0.29, 0.717) is 18.2 Å². The molecule has 0 saturated heterocycles. The highest BCUT2D eigenvalue weighted by atomic mass is 35.5. The van der Waals surface area contributed by atoms with Crippen LogP contribution in [0, 0.1) is 0 Å². The Bertz CT molecular complexity index is 502. The van der Waals surface area contributed by atoms with Gasteiger partial charge in [-0.05, 0) is 24.1 Å². The van der Waals surface area contributed by atoms with Crippen LogP contribution < -0.4 is 4.74 Å². The number of rotatable bonds is 6. The molecule has 6 heteroatoms. The standard InChI is InChI=1S/C12H18ClNO3S/c1-4-7-14(2)18(15,16)12-6-5-10(9-13)8-11(12)17-3/h5-6,8H,4,7,9H2,1-3H3. The molecule has 1 aromatic rings. The molecule has 4 nitrogen and oxygen atoms in total. The summed E-state index contributed by atoms with van der Waals surface area (Å²) < 4.78 is 31.1. The summed E-state index contributed by atoms with van der Waals surface area (Å²) in [5, 5.41) is 0. The Morgan fingerprint density at radius 3 is 2.56 bits per heavy atom. The summed E-state index contributed by atoms with van der Waals surface area (Å²) in [4.78, 5) is 0.176. The molecule has 0 atom stereocenters. The van der Waals surface area contributed by atoms with Crippen molar-refractivity contribution in [3.05, 3.63) is 23.8 Å². The molecule has 1 aromatic carbocycles. The van der Waals surface area contributed by atoms with E-state index in [2.05, 4.69) is 0 Å². The van der Waals surface area contributed by atoms with Gasteiger partial charge in [-0.3, -0.25) is 0 Å². The topological polar surface area (TPSA) is 46.6 Å². The van der Waals surface area contributed by atoms with Crippen LogP contribution in [0.5, 0.6) is 5.75 Å². The number of ether oxygens (including phenoxy) is 1. The van der Waals surface area contributed by atoms with Crippen LogP contribution in [-0.4, -0.2) is 33.4 Å². The van der Waals surface area contributed by atoms with E-state index in [1.807, 2.05) is 6.92 Å². The second kappa shape index (κ2) is 6.41. The molecule has 0 N–H and O–H groups in total. The van der Waals surface area contributed by atoms with Gasteiger partial charge in [0.05, 0.1) is 7.11 Å². The number of sulfonamides is 1. The molecular formula is C12H18ClNO3S. The van der Waals surface area contributed by atoms with Crippen molar-refractivity contribution >= 4 is 21.6 Å². The van der Waals surface area contributed by atoms with Gasteiger partial charge in [-0.1, -0.05) is 13.0 Å². The SMILES string of the molecule is CCCN(C)S(=O)(=O)c1ccc(CCl)cc1OC. The van der Waals surface area contributed by atoms with Gasteiger partial charge in [0.2, 0.25) is 10.0 Å². The number of methoxy groups -OCH3 is 1. The first-order chi connectivity index (χ1) is 8.47. The van der Waals surface area contributed by atoms with Gasteiger partial charge in [0.15, 0.2) is 0 Å². The molecule has 0 spiro atoms. The summed E-state index contributed by atoms with van der Waals surface area (Å²) in [6.45, 7) is 2.41. The van der Waals surface area contributed by atoms with Gasteiger partial charge in [0, 0.05) is 19.5 Å². The van der Waals surface area contributed by atoms with Gasteiger partial charge in [-0.25, -0.2) is 12.7 Å². The summed E-state index contributed by atoms with van der Waals surface area (Å²) in [6, 6.07) is 4.89. The number of hydrogen-bond acceptors (Lipinski definition) is 3. The van der Waals surface area contributed by atoms with Crippen LogP contribution in [0.2, 0.25) is 0 Å². The summed E-state index contributed by atoms with van der Waals surface area (Å²) in [5.74, 6) is 0.651. The zero-order chi connectivity index (χ0) is 13.8. The first-order valence-corrected chi connectivity index (χ1v) is 7.64. The van der Waals surface area contributed by atoms with Gasteiger partial charge in [-0.15, -0.1) is 11.6 Å². The monoisotopic (exact) mass is 291 g/mol. The van der Waals surface area contributed by atoms with Crippen molar-refractivity contribution in [3.8, 4) is 5.75 Å². The zero-order valence-electron chi connectivity index (χ0n) is 10.8. The van der Waals surface area contributed by atoms with Crippen molar-refractivity contribution in [1.82, 2.24) is 4.31 Å². The first kappa shape index (κ1) is 15.3. The molecular weight excluding hydrogens is 274 g/mol. The maximum absolute atomic E-state index is 12.3. The molecule has 0 aliphatic heterocycles. The van der Waals surface area contributed by atoms with Gasteiger partial charge in [-0.2, -0.15) is 0 Å². The lowest BCUT2D eigenvalue weighted by Crippen LogP contribution is -2.28. The van der Waals surface area contributed by atoms with Crippen LogP contribution in [-0.2, 0) is 15.9 Å². The van der Waals surface area contributed by atoms with Crippen LogP contribution >= 0.6 is 11.6 Å². The Morgan fingerprint density at radius 2 is 2.06 bits per heavy atom. The third-order valence-corrected chi connectivity index (χ3v) is 4.81. The Hall–Kier alpha value is -0.780. The Balaban J connectivity index is 3.23. The smallest absolute Gasteiger partial charge is 0.246 e. The van der Waals surface area contributed by atoms with Crippen LogP contribution in [0.3, 0.4) is 0 Å². The fourth-order valence-corrected chi connectivity index (χ4v) is 3.17. The number of halogens is 1. The summed E-state index contributed by atoms with van der Waals surface area (Å²) >= 11 is 5.72. The lowest BCUT2D eigenvalue weighted by Gasteiger charge is -2.18. The van der Waals surface area contributed by atoms with Crippen molar-refractivity contribution in [2.45, 2.75) is 24.1 Å². The van der Waals surface area contributed by atoms with Crippen LogP contribution in [0.4, 0.5) is 0 Å². The molecule has 0 saturated carbocycles. The molecule has 0 amide bonds.